The summed E-state index contributed by atoms with van der Waals surface area (Å²) in [5.74, 6) is 0.992. The summed E-state index contributed by atoms with van der Waals surface area (Å²) in [6.07, 6.45) is 1.14. The largest absolute Gasteiger partial charge is 0.494 e. The van der Waals surface area contributed by atoms with E-state index in [1.54, 1.807) is 0 Å². The van der Waals surface area contributed by atoms with E-state index in [0.29, 0.717) is 5.41 Å². The minimum Gasteiger partial charge on any atom is -0.494 e. The molecular weight excluding hydrogens is 186 g/mol. The second kappa shape index (κ2) is 4.23. The lowest BCUT2D eigenvalue weighted by atomic mass is 9.78. The monoisotopic (exact) mass is 205 g/mol. The van der Waals surface area contributed by atoms with E-state index in [9.17, 15) is 0 Å². The van der Waals surface area contributed by atoms with E-state index in [1.165, 1.54) is 5.56 Å². The number of ether oxygens (including phenoxy) is 1. The maximum atomic E-state index is 5.50. The third-order valence-corrected chi connectivity index (χ3v) is 2.94. The average molecular weight is 205 g/mol. The Kier molecular flexibility index (Phi) is 2.96. The second-order valence-electron chi connectivity index (χ2n) is 4.67. The highest BCUT2D eigenvalue weighted by atomic mass is 16.5. The number of hydrogen-bond acceptors (Lipinski definition) is 2. The van der Waals surface area contributed by atoms with Crippen molar-refractivity contribution >= 4 is 0 Å². The lowest BCUT2D eigenvalue weighted by molar-refractivity contribution is 0.195. The van der Waals surface area contributed by atoms with Gasteiger partial charge in [0, 0.05) is 13.1 Å². The number of rotatable bonds is 4. The van der Waals surface area contributed by atoms with Crippen LogP contribution in [0.3, 0.4) is 0 Å². The van der Waals surface area contributed by atoms with Crippen LogP contribution in [0.15, 0.2) is 24.3 Å². The molecule has 1 saturated heterocycles. The smallest absolute Gasteiger partial charge is 0.119 e. The van der Waals surface area contributed by atoms with Gasteiger partial charge < -0.3 is 10.1 Å². The van der Waals surface area contributed by atoms with E-state index in [0.717, 1.165) is 31.9 Å². The second-order valence-corrected chi connectivity index (χ2v) is 4.67. The summed E-state index contributed by atoms with van der Waals surface area (Å²) in [6, 6.07) is 8.45. The van der Waals surface area contributed by atoms with E-state index in [-0.39, 0.29) is 0 Å². The van der Waals surface area contributed by atoms with Crippen LogP contribution in [0.25, 0.3) is 0 Å². The summed E-state index contributed by atoms with van der Waals surface area (Å²) in [5, 5.41) is 3.33. The van der Waals surface area contributed by atoms with Crippen molar-refractivity contribution in [1.29, 1.82) is 0 Å². The van der Waals surface area contributed by atoms with Crippen molar-refractivity contribution < 1.29 is 4.74 Å². The van der Waals surface area contributed by atoms with Gasteiger partial charge in [0.05, 0.1) is 6.61 Å². The van der Waals surface area contributed by atoms with Crippen LogP contribution in [0.1, 0.15) is 19.4 Å². The Bertz CT molecular complexity index is 331. The zero-order valence-corrected chi connectivity index (χ0v) is 9.55. The van der Waals surface area contributed by atoms with Crippen LogP contribution in [0.4, 0.5) is 0 Å². The number of benzene rings is 1. The third kappa shape index (κ3) is 2.51. The molecule has 0 saturated carbocycles. The zero-order valence-electron chi connectivity index (χ0n) is 9.55. The normalized spacial score (nSPS) is 18.3. The molecule has 2 heteroatoms. The predicted molar refractivity (Wildman–Crippen MR) is 62.3 cm³/mol. The van der Waals surface area contributed by atoms with Gasteiger partial charge in [-0.25, -0.2) is 0 Å². The molecule has 0 radical (unpaired) electrons. The Hall–Kier alpha value is -1.02. The van der Waals surface area contributed by atoms with E-state index >= 15 is 0 Å². The topological polar surface area (TPSA) is 21.3 Å². The van der Waals surface area contributed by atoms with Gasteiger partial charge in [0.15, 0.2) is 0 Å². The minimum atomic E-state index is 0.449. The molecule has 0 atom stereocenters. The molecule has 0 bridgehead atoms. The molecule has 2 rings (SSSR count). The first-order valence-electron chi connectivity index (χ1n) is 5.64. The van der Waals surface area contributed by atoms with E-state index in [4.69, 9.17) is 4.74 Å². The molecule has 1 aliphatic rings. The van der Waals surface area contributed by atoms with Gasteiger partial charge in [-0.2, -0.15) is 0 Å². The van der Waals surface area contributed by atoms with E-state index in [2.05, 4.69) is 30.4 Å². The van der Waals surface area contributed by atoms with E-state index < -0.39 is 0 Å². The number of nitrogens with one attached hydrogen (secondary N) is 1. The fraction of sp³-hybridized carbons (Fsp3) is 0.538. The fourth-order valence-corrected chi connectivity index (χ4v) is 2.08. The highest BCUT2D eigenvalue weighted by Crippen LogP contribution is 2.27. The SMILES string of the molecule is CCOc1cccc(CC2(C)CNC2)c1. The van der Waals surface area contributed by atoms with Crippen molar-refractivity contribution in [3.8, 4) is 5.75 Å². The molecule has 1 aromatic carbocycles. The highest BCUT2D eigenvalue weighted by molar-refractivity contribution is 5.29. The Morgan fingerprint density at radius 2 is 2.20 bits per heavy atom. The molecule has 2 nitrogen and oxygen atoms in total. The average Bonchev–Trinajstić information content (AvgIpc) is 2.16. The van der Waals surface area contributed by atoms with Crippen molar-refractivity contribution in [2.75, 3.05) is 19.7 Å². The first kappa shape index (κ1) is 10.5. The predicted octanol–water partition coefficient (Wildman–Crippen LogP) is 2.24. The van der Waals surface area contributed by atoms with Gasteiger partial charge in [-0.15, -0.1) is 0 Å². The molecule has 15 heavy (non-hydrogen) atoms. The molecule has 1 heterocycles. The van der Waals surface area contributed by atoms with Crippen molar-refractivity contribution in [1.82, 2.24) is 5.32 Å². The maximum Gasteiger partial charge on any atom is 0.119 e. The first-order chi connectivity index (χ1) is 7.22. The lowest BCUT2D eigenvalue weighted by Crippen LogP contribution is -2.52. The Labute approximate surface area is 91.6 Å². The quantitative estimate of drug-likeness (QED) is 0.814. The molecule has 0 spiro atoms. The number of hydrogen-bond donors (Lipinski definition) is 1. The summed E-state index contributed by atoms with van der Waals surface area (Å²) < 4.78 is 5.50. The molecule has 0 unspecified atom stereocenters. The van der Waals surface area contributed by atoms with Crippen LogP contribution in [0.5, 0.6) is 5.75 Å². The molecular formula is C13H19NO. The molecule has 1 N–H and O–H groups in total. The Morgan fingerprint density at radius 1 is 1.40 bits per heavy atom. The maximum absolute atomic E-state index is 5.50. The summed E-state index contributed by atoms with van der Waals surface area (Å²) in [5.41, 5.74) is 1.83. The van der Waals surface area contributed by atoms with Crippen LogP contribution in [-0.4, -0.2) is 19.7 Å². The Morgan fingerprint density at radius 3 is 2.80 bits per heavy atom. The Balaban J connectivity index is 2.04. The van der Waals surface area contributed by atoms with Gasteiger partial charge in [0.1, 0.15) is 5.75 Å². The summed E-state index contributed by atoms with van der Waals surface area (Å²) in [6.45, 7) is 7.35. The highest BCUT2D eigenvalue weighted by Gasteiger charge is 2.31. The molecule has 1 fully saturated rings. The first-order valence-corrected chi connectivity index (χ1v) is 5.64. The van der Waals surface area contributed by atoms with Crippen LogP contribution in [0, 0.1) is 5.41 Å². The van der Waals surface area contributed by atoms with Gasteiger partial charge >= 0.3 is 0 Å². The molecule has 82 valence electrons. The zero-order chi connectivity index (χ0) is 10.7. The summed E-state index contributed by atoms with van der Waals surface area (Å²) in [4.78, 5) is 0. The lowest BCUT2D eigenvalue weighted by Gasteiger charge is -2.39. The fourth-order valence-electron chi connectivity index (χ4n) is 2.08. The molecule has 1 aromatic rings. The van der Waals surface area contributed by atoms with Crippen molar-refractivity contribution in [2.45, 2.75) is 20.3 Å². The third-order valence-electron chi connectivity index (χ3n) is 2.94. The van der Waals surface area contributed by atoms with Gasteiger partial charge in [0.2, 0.25) is 0 Å². The van der Waals surface area contributed by atoms with Crippen LogP contribution in [0.2, 0.25) is 0 Å². The summed E-state index contributed by atoms with van der Waals surface area (Å²) in [7, 11) is 0. The van der Waals surface area contributed by atoms with Gasteiger partial charge in [-0.3, -0.25) is 0 Å². The van der Waals surface area contributed by atoms with Crippen molar-refractivity contribution in [3.05, 3.63) is 29.8 Å². The van der Waals surface area contributed by atoms with Crippen LogP contribution in [-0.2, 0) is 6.42 Å². The van der Waals surface area contributed by atoms with E-state index in [1.807, 2.05) is 13.0 Å². The molecule has 0 aromatic heterocycles. The molecule has 0 amide bonds. The molecule has 0 aliphatic carbocycles. The van der Waals surface area contributed by atoms with Gasteiger partial charge in [0.25, 0.3) is 0 Å². The van der Waals surface area contributed by atoms with Gasteiger partial charge in [-0.05, 0) is 36.5 Å². The minimum absolute atomic E-state index is 0.449. The van der Waals surface area contributed by atoms with Gasteiger partial charge in [-0.1, -0.05) is 19.1 Å². The standard InChI is InChI=1S/C13H19NO/c1-3-15-12-6-4-5-11(7-12)8-13(2)9-14-10-13/h4-7,14H,3,8-10H2,1-2H3. The van der Waals surface area contributed by atoms with Crippen molar-refractivity contribution in [3.63, 3.8) is 0 Å². The van der Waals surface area contributed by atoms with Crippen LogP contribution >= 0.6 is 0 Å². The summed E-state index contributed by atoms with van der Waals surface area (Å²) >= 11 is 0. The van der Waals surface area contributed by atoms with Crippen molar-refractivity contribution in [2.24, 2.45) is 5.41 Å². The molecule has 1 aliphatic heterocycles. The van der Waals surface area contributed by atoms with Crippen LogP contribution < -0.4 is 10.1 Å².